The van der Waals surface area contributed by atoms with Crippen LogP contribution in [0, 0.1) is 13.8 Å². The van der Waals surface area contributed by atoms with Crippen molar-refractivity contribution in [3.8, 4) is 0 Å². The van der Waals surface area contributed by atoms with Gasteiger partial charge >= 0.3 is 0 Å². The van der Waals surface area contributed by atoms with Crippen LogP contribution < -0.4 is 5.32 Å². The normalized spacial score (nSPS) is 10.1. The average molecular weight is 216 g/mol. The second kappa shape index (κ2) is 4.18. The van der Waals surface area contributed by atoms with E-state index in [2.05, 4.69) is 10.5 Å². The summed E-state index contributed by atoms with van der Waals surface area (Å²) in [6, 6.07) is 9.03. The molecule has 4 nitrogen and oxygen atoms in total. The number of hydrogen-bond donors (Lipinski definition) is 1. The number of anilines is 1. The Morgan fingerprint density at radius 2 is 2.12 bits per heavy atom. The molecule has 1 amide bonds. The smallest absolute Gasteiger partial charge is 0.258 e. The quantitative estimate of drug-likeness (QED) is 0.839. The van der Waals surface area contributed by atoms with Crippen molar-refractivity contribution in [1.29, 1.82) is 0 Å². The van der Waals surface area contributed by atoms with E-state index in [0.29, 0.717) is 11.4 Å². The summed E-state index contributed by atoms with van der Waals surface area (Å²) in [5.74, 6) is 0.170. The van der Waals surface area contributed by atoms with Gasteiger partial charge in [0.25, 0.3) is 5.91 Å². The van der Waals surface area contributed by atoms with Gasteiger partial charge in [0.1, 0.15) is 0 Å². The highest BCUT2D eigenvalue weighted by atomic mass is 16.5. The zero-order chi connectivity index (χ0) is 11.5. The number of amides is 1. The SMILES string of the molecule is Cc1cccc(C(=O)Nc2cc(C)no2)c1. The van der Waals surface area contributed by atoms with Gasteiger partial charge in [0.05, 0.1) is 5.69 Å². The topological polar surface area (TPSA) is 55.1 Å². The van der Waals surface area contributed by atoms with Gasteiger partial charge in [-0.25, -0.2) is 0 Å². The molecule has 0 saturated heterocycles. The minimum absolute atomic E-state index is 0.195. The van der Waals surface area contributed by atoms with Crippen molar-refractivity contribution < 1.29 is 9.32 Å². The van der Waals surface area contributed by atoms with Crippen LogP contribution in [0.25, 0.3) is 0 Å². The van der Waals surface area contributed by atoms with Crippen molar-refractivity contribution in [2.75, 3.05) is 5.32 Å². The van der Waals surface area contributed by atoms with Gasteiger partial charge in [-0.2, -0.15) is 0 Å². The molecule has 0 aliphatic heterocycles. The standard InChI is InChI=1S/C12H12N2O2/c1-8-4-3-5-10(6-8)12(15)13-11-7-9(2)14-16-11/h3-7H,1-2H3,(H,13,15). The molecule has 0 fully saturated rings. The van der Waals surface area contributed by atoms with Crippen molar-refractivity contribution in [2.24, 2.45) is 0 Å². The van der Waals surface area contributed by atoms with Crippen molar-refractivity contribution in [1.82, 2.24) is 5.16 Å². The van der Waals surface area contributed by atoms with E-state index in [4.69, 9.17) is 4.52 Å². The number of rotatable bonds is 2. The third kappa shape index (κ3) is 2.28. The predicted molar refractivity (Wildman–Crippen MR) is 60.4 cm³/mol. The van der Waals surface area contributed by atoms with E-state index in [0.717, 1.165) is 11.3 Å². The molecular formula is C12H12N2O2. The molecule has 0 unspecified atom stereocenters. The molecule has 82 valence electrons. The van der Waals surface area contributed by atoms with E-state index in [1.54, 1.807) is 19.1 Å². The number of carbonyl (C=O) groups excluding carboxylic acids is 1. The van der Waals surface area contributed by atoms with E-state index in [1.165, 1.54) is 0 Å². The average Bonchev–Trinajstić information content (AvgIpc) is 2.64. The summed E-state index contributed by atoms with van der Waals surface area (Å²) in [5, 5.41) is 6.33. The van der Waals surface area contributed by atoms with Crippen LogP contribution in [0.3, 0.4) is 0 Å². The highest BCUT2D eigenvalue weighted by molar-refractivity contribution is 6.03. The summed E-state index contributed by atoms with van der Waals surface area (Å²) >= 11 is 0. The molecule has 0 saturated carbocycles. The first-order valence-electron chi connectivity index (χ1n) is 4.96. The van der Waals surface area contributed by atoms with Crippen LogP contribution in [0.15, 0.2) is 34.9 Å². The van der Waals surface area contributed by atoms with Gasteiger partial charge in [0, 0.05) is 11.6 Å². The van der Waals surface area contributed by atoms with Gasteiger partial charge in [-0.3, -0.25) is 10.1 Å². The summed E-state index contributed by atoms with van der Waals surface area (Å²) < 4.78 is 4.90. The molecule has 0 radical (unpaired) electrons. The zero-order valence-electron chi connectivity index (χ0n) is 9.15. The number of nitrogens with one attached hydrogen (secondary N) is 1. The molecular weight excluding hydrogens is 204 g/mol. The Morgan fingerprint density at radius 1 is 1.31 bits per heavy atom. The second-order valence-corrected chi connectivity index (χ2v) is 3.66. The summed E-state index contributed by atoms with van der Waals surface area (Å²) in [7, 11) is 0. The van der Waals surface area contributed by atoms with Gasteiger partial charge in [-0.1, -0.05) is 22.9 Å². The fourth-order valence-electron chi connectivity index (χ4n) is 1.39. The predicted octanol–water partition coefficient (Wildman–Crippen LogP) is 2.54. The monoisotopic (exact) mass is 216 g/mol. The van der Waals surface area contributed by atoms with Crippen LogP contribution in [-0.2, 0) is 0 Å². The van der Waals surface area contributed by atoms with Crippen molar-refractivity contribution >= 4 is 11.8 Å². The first-order valence-corrected chi connectivity index (χ1v) is 4.96. The van der Waals surface area contributed by atoms with Gasteiger partial charge < -0.3 is 4.52 Å². The second-order valence-electron chi connectivity index (χ2n) is 3.66. The minimum atomic E-state index is -0.195. The largest absolute Gasteiger partial charge is 0.338 e. The van der Waals surface area contributed by atoms with Crippen LogP contribution in [0.5, 0.6) is 0 Å². The van der Waals surface area contributed by atoms with Crippen LogP contribution in [0.2, 0.25) is 0 Å². The lowest BCUT2D eigenvalue weighted by Gasteiger charge is -2.01. The molecule has 0 atom stereocenters. The third-order valence-corrected chi connectivity index (χ3v) is 2.14. The maximum Gasteiger partial charge on any atom is 0.258 e. The highest BCUT2D eigenvalue weighted by Gasteiger charge is 2.08. The number of aryl methyl sites for hydroxylation is 2. The van der Waals surface area contributed by atoms with Crippen LogP contribution in [0.1, 0.15) is 21.6 Å². The van der Waals surface area contributed by atoms with Gasteiger partial charge in [0.2, 0.25) is 5.88 Å². The van der Waals surface area contributed by atoms with Crippen LogP contribution in [0.4, 0.5) is 5.88 Å². The van der Waals surface area contributed by atoms with Crippen molar-refractivity contribution in [3.05, 3.63) is 47.2 Å². The fraction of sp³-hybridized carbons (Fsp3) is 0.167. The molecule has 4 heteroatoms. The van der Waals surface area contributed by atoms with E-state index in [1.807, 2.05) is 25.1 Å². The lowest BCUT2D eigenvalue weighted by molar-refractivity contribution is 0.102. The third-order valence-electron chi connectivity index (χ3n) is 2.14. The number of benzene rings is 1. The molecule has 1 aromatic heterocycles. The number of hydrogen-bond acceptors (Lipinski definition) is 3. The van der Waals surface area contributed by atoms with Crippen LogP contribution >= 0.6 is 0 Å². The van der Waals surface area contributed by atoms with Crippen molar-refractivity contribution in [3.63, 3.8) is 0 Å². The van der Waals surface area contributed by atoms with E-state index in [9.17, 15) is 4.79 Å². The molecule has 0 aliphatic carbocycles. The molecule has 1 heterocycles. The molecule has 2 rings (SSSR count). The number of nitrogens with zero attached hydrogens (tertiary/aromatic N) is 1. The Balaban J connectivity index is 2.14. The van der Waals surface area contributed by atoms with E-state index < -0.39 is 0 Å². The summed E-state index contributed by atoms with van der Waals surface area (Å²) in [6.45, 7) is 3.74. The highest BCUT2D eigenvalue weighted by Crippen LogP contribution is 2.11. The molecule has 2 aromatic rings. The van der Waals surface area contributed by atoms with E-state index in [-0.39, 0.29) is 5.91 Å². The molecule has 0 aliphatic rings. The molecule has 1 aromatic carbocycles. The fourth-order valence-corrected chi connectivity index (χ4v) is 1.39. The summed E-state index contributed by atoms with van der Waals surface area (Å²) in [6.07, 6.45) is 0. The van der Waals surface area contributed by atoms with Crippen LogP contribution in [-0.4, -0.2) is 11.1 Å². The maximum absolute atomic E-state index is 11.8. The first-order chi connectivity index (χ1) is 7.65. The van der Waals surface area contributed by atoms with E-state index >= 15 is 0 Å². The minimum Gasteiger partial charge on any atom is -0.338 e. The Morgan fingerprint density at radius 3 is 2.75 bits per heavy atom. The lowest BCUT2D eigenvalue weighted by atomic mass is 10.1. The molecule has 0 bridgehead atoms. The number of aromatic nitrogens is 1. The lowest BCUT2D eigenvalue weighted by Crippen LogP contribution is -2.11. The van der Waals surface area contributed by atoms with Gasteiger partial charge in [0.15, 0.2) is 0 Å². The molecule has 0 spiro atoms. The molecule has 1 N–H and O–H groups in total. The Bertz CT molecular complexity index is 517. The number of carbonyl (C=O) groups is 1. The Kier molecular flexibility index (Phi) is 2.72. The zero-order valence-corrected chi connectivity index (χ0v) is 9.15. The van der Waals surface area contributed by atoms with Gasteiger partial charge in [-0.15, -0.1) is 0 Å². The molecule has 16 heavy (non-hydrogen) atoms. The Hall–Kier alpha value is -2.10. The maximum atomic E-state index is 11.8. The summed E-state index contributed by atoms with van der Waals surface area (Å²) in [4.78, 5) is 11.8. The first kappa shape index (κ1) is 10.4. The Labute approximate surface area is 93.3 Å². The van der Waals surface area contributed by atoms with Gasteiger partial charge in [-0.05, 0) is 26.0 Å². The summed E-state index contributed by atoms with van der Waals surface area (Å²) in [5.41, 5.74) is 2.38. The van der Waals surface area contributed by atoms with Crippen molar-refractivity contribution in [2.45, 2.75) is 13.8 Å².